The van der Waals surface area contributed by atoms with E-state index in [2.05, 4.69) is 28.1 Å². The smallest absolute Gasteiger partial charge is 0.253 e. The summed E-state index contributed by atoms with van der Waals surface area (Å²) in [6.45, 7) is 4.45. The SMILES string of the molecule is Cc1cccc(NC(=O)C2CC23CCNCC3)c1C(=O)NCCc1ccccc1.Cl. The van der Waals surface area contributed by atoms with Crippen LogP contribution in [0.5, 0.6) is 0 Å². The number of anilines is 1. The average molecular weight is 428 g/mol. The van der Waals surface area contributed by atoms with Gasteiger partial charge in [-0.05, 0) is 68.3 Å². The normalized spacial score (nSPS) is 18.9. The van der Waals surface area contributed by atoms with Gasteiger partial charge in [-0.25, -0.2) is 0 Å². The Labute approximate surface area is 184 Å². The van der Waals surface area contributed by atoms with Crippen LogP contribution in [0.3, 0.4) is 0 Å². The van der Waals surface area contributed by atoms with Gasteiger partial charge in [-0.15, -0.1) is 12.4 Å². The third kappa shape index (κ3) is 4.85. The Balaban J connectivity index is 0.00000256. The van der Waals surface area contributed by atoms with E-state index in [0.29, 0.717) is 17.8 Å². The Morgan fingerprint density at radius 1 is 1.07 bits per heavy atom. The second-order valence-electron chi connectivity index (χ2n) is 8.35. The zero-order valence-electron chi connectivity index (χ0n) is 17.4. The van der Waals surface area contributed by atoms with Crippen molar-refractivity contribution in [2.45, 2.75) is 32.6 Å². The summed E-state index contributed by atoms with van der Waals surface area (Å²) in [5, 5.41) is 9.43. The first-order valence-electron chi connectivity index (χ1n) is 10.5. The summed E-state index contributed by atoms with van der Waals surface area (Å²) < 4.78 is 0. The van der Waals surface area contributed by atoms with Crippen LogP contribution in [0.25, 0.3) is 0 Å². The van der Waals surface area contributed by atoms with Gasteiger partial charge in [0.1, 0.15) is 0 Å². The minimum atomic E-state index is -0.137. The highest BCUT2D eigenvalue weighted by atomic mass is 35.5. The highest BCUT2D eigenvalue weighted by Gasteiger charge is 2.57. The van der Waals surface area contributed by atoms with Gasteiger partial charge in [-0.1, -0.05) is 42.5 Å². The van der Waals surface area contributed by atoms with E-state index in [0.717, 1.165) is 44.3 Å². The summed E-state index contributed by atoms with van der Waals surface area (Å²) in [7, 11) is 0. The van der Waals surface area contributed by atoms with E-state index in [9.17, 15) is 9.59 Å². The van der Waals surface area contributed by atoms with Crippen molar-refractivity contribution < 1.29 is 9.59 Å². The van der Waals surface area contributed by atoms with Gasteiger partial charge in [-0.3, -0.25) is 9.59 Å². The van der Waals surface area contributed by atoms with Crippen molar-refractivity contribution in [3.8, 4) is 0 Å². The molecule has 0 aromatic heterocycles. The van der Waals surface area contributed by atoms with Crippen molar-refractivity contribution in [1.29, 1.82) is 0 Å². The molecule has 1 aliphatic carbocycles. The number of benzene rings is 2. The summed E-state index contributed by atoms with van der Waals surface area (Å²) in [4.78, 5) is 25.7. The van der Waals surface area contributed by atoms with Gasteiger partial charge in [0.15, 0.2) is 0 Å². The van der Waals surface area contributed by atoms with Crippen molar-refractivity contribution in [3.05, 3.63) is 65.2 Å². The van der Waals surface area contributed by atoms with Crippen LogP contribution in [0, 0.1) is 18.3 Å². The highest BCUT2D eigenvalue weighted by molar-refractivity contribution is 6.05. The van der Waals surface area contributed by atoms with Crippen LogP contribution in [0.1, 0.15) is 40.7 Å². The zero-order chi connectivity index (χ0) is 20.3. The van der Waals surface area contributed by atoms with Gasteiger partial charge in [0.05, 0.1) is 11.3 Å². The van der Waals surface area contributed by atoms with Crippen molar-refractivity contribution >= 4 is 29.9 Å². The number of amides is 2. The van der Waals surface area contributed by atoms with Crippen LogP contribution in [-0.4, -0.2) is 31.4 Å². The average Bonchev–Trinajstić information content (AvgIpc) is 3.42. The predicted octanol–water partition coefficient (Wildman–Crippen LogP) is 3.72. The summed E-state index contributed by atoms with van der Waals surface area (Å²) in [6, 6.07) is 15.7. The molecule has 6 heteroatoms. The molecule has 5 nitrogen and oxygen atoms in total. The van der Waals surface area contributed by atoms with Crippen LogP contribution >= 0.6 is 12.4 Å². The minimum Gasteiger partial charge on any atom is -0.352 e. The maximum absolute atomic E-state index is 12.9. The van der Waals surface area contributed by atoms with Crippen molar-refractivity contribution in [2.75, 3.05) is 25.0 Å². The molecule has 1 saturated heterocycles. The monoisotopic (exact) mass is 427 g/mol. The molecule has 2 aromatic carbocycles. The standard InChI is InChI=1S/C24H29N3O2.ClH/c1-17-6-5-9-20(27-22(28)19-16-24(19)11-14-25-15-12-24)21(17)23(29)26-13-10-18-7-3-2-4-8-18;/h2-9,19,25H,10-16H2,1H3,(H,26,29)(H,27,28);1H. The second-order valence-corrected chi connectivity index (χ2v) is 8.35. The summed E-state index contributed by atoms with van der Waals surface area (Å²) in [6.07, 6.45) is 3.86. The molecule has 1 unspecified atom stereocenters. The molecule has 1 aliphatic heterocycles. The molecule has 0 bridgehead atoms. The van der Waals surface area contributed by atoms with E-state index < -0.39 is 0 Å². The predicted molar refractivity (Wildman–Crippen MR) is 122 cm³/mol. The van der Waals surface area contributed by atoms with Gasteiger partial charge >= 0.3 is 0 Å². The Hall–Kier alpha value is -2.37. The number of halogens is 1. The molecule has 2 aliphatic rings. The van der Waals surface area contributed by atoms with E-state index in [4.69, 9.17) is 0 Å². The summed E-state index contributed by atoms with van der Waals surface area (Å²) in [5.41, 5.74) is 3.41. The number of hydrogen-bond acceptors (Lipinski definition) is 3. The molecule has 4 rings (SSSR count). The third-order valence-electron chi connectivity index (χ3n) is 6.41. The fourth-order valence-corrected chi connectivity index (χ4v) is 4.54. The maximum Gasteiger partial charge on any atom is 0.253 e. The van der Waals surface area contributed by atoms with Crippen LogP contribution in [-0.2, 0) is 11.2 Å². The quantitative estimate of drug-likeness (QED) is 0.658. The van der Waals surface area contributed by atoms with Gasteiger partial charge < -0.3 is 16.0 Å². The van der Waals surface area contributed by atoms with Crippen LogP contribution in [0.15, 0.2) is 48.5 Å². The molecule has 2 aromatic rings. The van der Waals surface area contributed by atoms with E-state index >= 15 is 0 Å². The van der Waals surface area contributed by atoms with Gasteiger partial charge in [0.25, 0.3) is 5.91 Å². The maximum atomic E-state index is 12.9. The Bertz CT molecular complexity index is 895. The molecule has 30 heavy (non-hydrogen) atoms. The summed E-state index contributed by atoms with van der Waals surface area (Å²) in [5.74, 6) is -0.0170. The molecule has 160 valence electrons. The summed E-state index contributed by atoms with van der Waals surface area (Å²) >= 11 is 0. The molecule has 3 N–H and O–H groups in total. The molecule has 2 fully saturated rings. The molecular weight excluding hydrogens is 398 g/mol. The Kier molecular flexibility index (Phi) is 7.16. The van der Waals surface area contributed by atoms with Gasteiger partial charge in [0, 0.05) is 12.5 Å². The van der Waals surface area contributed by atoms with Gasteiger partial charge in [-0.2, -0.15) is 0 Å². The van der Waals surface area contributed by atoms with E-state index in [1.807, 2.05) is 43.3 Å². The lowest BCUT2D eigenvalue weighted by molar-refractivity contribution is -0.118. The first kappa shape index (κ1) is 22.3. The topological polar surface area (TPSA) is 70.2 Å². The van der Waals surface area contributed by atoms with Crippen molar-refractivity contribution in [2.24, 2.45) is 11.3 Å². The molecule has 1 spiro atoms. The van der Waals surface area contributed by atoms with Crippen LogP contribution in [0.4, 0.5) is 5.69 Å². The number of carbonyl (C=O) groups is 2. The first-order chi connectivity index (χ1) is 14.1. The van der Waals surface area contributed by atoms with Crippen LogP contribution in [0.2, 0.25) is 0 Å². The number of aryl methyl sites for hydroxylation is 1. The lowest BCUT2D eigenvalue weighted by atomic mass is 9.91. The van der Waals surface area contributed by atoms with Crippen molar-refractivity contribution in [3.63, 3.8) is 0 Å². The number of rotatable bonds is 6. The fraction of sp³-hybridized carbons (Fsp3) is 0.417. The fourth-order valence-electron chi connectivity index (χ4n) is 4.54. The largest absolute Gasteiger partial charge is 0.352 e. The molecule has 1 saturated carbocycles. The van der Waals surface area contributed by atoms with Crippen LogP contribution < -0.4 is 16.0 Å². The zero-order valence-corrected chi connectivity index (χ0v) is 18.2. The molecule has 0 radical (unpaired) electrons. The first-order valence-corrected chi connectivity index (χ1v) is 10.5. The number of nitrogens with one attached hydrogen (secondary N) is 3. The van der Waals surface area contributed by atoms with E-state index in [1.54, 1.807) is 0 Å². The molecular formula is C24H30ClN3O2. The van der Waals surface area contributed by atoms with Crippen molar-refractivity contribution in [1.82, 2.24) is 10.6 Å². The van der Waals surface area contributed by atoms with E-state index in [-0.39, 0.29) is 35.6 Å². The number of hydrogen-bond donors (Lipinski definition) is 3. The lowest BCUT2D eigenvalue weighted by Crippen LogP contribution is -2.32. The Morgan fingerprint density at radius 2 is 1.80 bits per heavy atom. The lowest BCUT2D eigenvalue weighted by Gasteiger charge is -2.23. The number of carbonyl (C=O) groups excluding carboxylic acids is 2. The Morgan fingerprint density at radius 3 is 2.53 bits per heavy atom. The highest BCUT2D eigenvalue weighted by Crippen LogP contribution is 2.58. The second kappa shape index (κ2) is 9.63. The third-order valence-corrected chi connectivity index (χ3v) is 6.41. The number of piperidine rings is 1. The molecule has 1 atom stereocenters. The van der Waals surface area contributed by atoms with Gasteiger partial charge in [0.2, 0.25) is 5.91 Å². The molecule has 1 heterocycles. The minimum absolute atomic E-state index is 0. The molecule has 2 amide bonds. The van der Waals surface area contributed by atoms with E-state index in [1.165, 1.54) is 5.56 Å².